The lowest BCUT2D eigenvalue weighted by Gasteiger charge is -2.46. The van der Waals surface area contributed by atoms with E-state index in [0.717, 1.165) is 12.1 Å². The molecule has 3 saturated heterocycles. The fourth-order valence-corrected chi connectivity index (χ4v) is 4.23. The Kier molecular flexibility index (Phi) is 3.73. The molecule has 0 saturated carbocycles. The molecule has 2 heteroatoms. The maximum Gasteiger partial charge on any atom is 0.0839 e. The molecule has 0 spiro atoms. The van der Waals surface area contributed by atoms with Crippen LogP contribution in [-0.4, -0.2) is 29.6 Å². The molecule has 0 aliphatic carbocycles. The molecule has 0 unspecified atom stereocenters. The number of benzene rings is 2. The van der Waals surface area contributed by atoms with Gasteiger partial charge in [0.05, 0.1) is 6.10 Å². The van der Waals surface area contributed by atoms with Crippen molar-refractivity contribution in [2.24, 2.45) is 11.8 Å². The number of hydrogen-bond donors (Lipinski definition) is 1. The highest BCUT2D eigenvalue weighted by atomic mass is 16.3. The molecule has 22 heavy (non-hydrogen) atoms. The van der Waals surface area contributed by atoms with E-state index in [1.807, 2.05) is 12.1 Å². The summed E-state index contributed by atoms with van der Waals surface area (Å²) in [4.78, 5) is 2.51. The van der Waals surface area contributed by atoms with E-state index < -0.39 is 0 Å². The zero-order chi connectivity index (χ0) is 14.9. The van der Waals surface area contributed by atoms with Gasteiger partial charge in [-0.2, -0.15) is 0 Å². The van der Waals surface area contributed by atoms with E-state index in [9.17, 15) is 5.11 Å². The number of hydrogen-bond acceptors (Lipinski definition) is 2. The van der Waals surface area contributed by atoms with Crippen molar-refractivity contribution in [3.63, 3.8) is 0 Å². The Morgan fingerprint density at radius 3 is 2.27 bits per heavy atom. The van der Waals surface area contributed by atoms with Gasteiger partial charge in [0.25, 0.3) is 0 Å². The summed E-state index contributed by atoms with van der Waals surface area (Å²) >= 11 is 0. The summed E-state index contributed by atoms with van der Waals surface area (Å²) in [6.07, 6.45) is 2.13. The minimum atomic E-state index is -0.357. The third-order valence-corrected chi connectivity index (χ3v) is 5.48. The van der Waals surface area contributed by atoms with Gasteiger partial charge in [0.2, 0.25) is 0 Å². The van der Waals surface area contributed by atoms with Crippen LogP contribution in [0.2, 0.25) is 0 Å². The molecule has 2 bridgehead atoms. The van der Waals surface area contributed by atoms with Crippen LogP contribution in [0.4, 0.5) is 0 Å². The van der Waals surface area contributed by atoms with E-state index in [1.165, 1.54) is 37.1 Å². The summed E-state index contributed by atoms with van der Waals surface area (Å²) in [5.41, 5.74) is 3.46. The Hall–Kier alpha value is -1.64. The maximum atomic E-state index is 11.1. The number of piperidine rings is 3. The van der Waals surface area contributed by atoms with Gasteiger partial charge in [0.1, 0.15) is 0 Å². The molecule has 3 aliphatic rings. The van der Waals surface area contributed by atoms with Gasteiger partial charge in [-0.15, -0.1) is 0 Å². The second kappa shape index (κ2) is 5.86. The predicted molar refractivity (Wildman–Crippen MR) is 89.5 cm³/mol. The van der Waals surface area contributed by atoms with Gasteiger partial charge in [-0.25, -0.2) is 0 Å². The van der Waals surface area contributed by atoms with E-state index >= 15 is 0 Å². The van der Waals surface area contributed by atoms with Crippen LogP contribution in [0, 0.1) is 11.8 Å². The van der Waals surface area contributed by atoms with E-state index in [0.29, 0.717) is 11.8 Å². The van der Waals surface area contributed by atoms with Crippen molar-refractivity contribution < 1.29 is 5.11 Å². The minimum absolute atomic E-state index is 0.357. The summed E-state index contributed by atoms with van der Waals surface area (Å²) in [6.45, 7) is 3.48. The molecule has 2 atom stereocenters. The van der Waals surface area contributed by atoms with Gasteiger partial charge in [-0.05, 0) is 48.5 Å². The van der Waals surface area contributed by atoms with Crippen molar-refractivity contribution >= 4 is 0 Å². The third kappa shape index (κ3) is 2.47. The van der Waals surface area contributed by atoms with Crippen LogP contribution in [0.3, 0.4) is 0 Å². The normalized spacial score (nSPS) is 28.5. The highest BCUT2D eigenvalue weighted by Crippen LogP contribution is 2.41. The van der Waals surface area contributed by atoms with E-state index in [2.05, 4.69) is 47.4 Å². The van der Waals surface area contributed by atoms with Crippen LogP contribution < -0.4 is 0 Å². The number of rotatable bonds is 3. The van der Waals surface area contributed by atoms with Gasteiger partial charge < -0.3 is 10.0 Å². The molecule has 0 amide bonds. The Morgan fingerprint density at radius 2 is 1.59 bits per heavy atom. The molecular weight excluding hydrogens is 270 g/mol. The average molecular weight is 293 g/mol. The SMILES string of the molecule is O[C@H](c1ccccc1-c1ccccc1)[C@H]1CN2CCC1CC2. The molecule has 2 nitrogen and oxygen atoms in total. The number of fused-ring (bicyclic) bond motifs is 3. The van der Waals surface area contributed by atoms with Crippen molar-refractivity contribution in [2.75, 3.05) is 19.6 Å². The fraction of sp³-hybridized carbons (Fsp3) is 0.400. The zero-order valence-corrected chi connectivity index (χ0v) is 12.9. The Bertz CT molecular complexity index is 631. The first-order valence-electron chi connectivity index (χ1n) is 8.38. The topological polar surface area (TPSA) is 23.5 Å². The molecule has 3 heterocycles. The van der Waals surface area contributed by atoms with Crippen LogP contribution in [0.1, 0.15) is 24.5 Å². The first kappa shape index (κ1) is 14.0. The molecule has 2 aromatic carbocycles. The van der Waals surface area contributed by atoms with Crippen LogP contribution in [-0.2, 0) is 0 Å². The highest BCUT2D eigenvalue weighted by molar-refractivity contribution is 5.67. The van der Waals surface area contributed by atoms with Gasteiger partial charge in [-0.1, -0.05) is 54.6 Å². The van der Waals surface area contributed by atoms with Gasteiger partial charge >= 0.3 is 0 Å². The van der Waals surface area contributed by atoms with E-state index in [1.54, 1.807) is 0 Å². The van der Waals surface area contributed by atoms with Crippen molar-refractivity contribution in [3.05, 3.63) is 60.2 Å². The third-order valence-electron chi connectivity index (χ3n) is 5.48. The first-order valence-corrected chi connectivity index (χ1v) is 8.38. The molecular formula is C20H23NO. The molecule has 2 aromatic rings. The summed E-state index contributed by atoms with van der Waals surface area (Å²) in [6, 6.07) is 18.8. The molecule has 3 aliphatic heterocycles. The molecule has 0 radical (unpaired) electrons. The molecule has 114 valence electrons. The lowest BCUT2D eigenvalue weighted by molar-refractivity contribution is -0.0261. The zero-order valence-electron chi connectivity index (χ0n) is 12.9. The molecule has 3 fully saturated rings. The van der Waals surface area contributed by atoms with Crippen LogP contribution in [0.25, 0.3) is 11.1 Å². The van der Waals surface area contributed by atoms with Crippen molar-refractivity contribution in [1.29, 1.82) is 0 Å². The van der Waals surface area contributed by atoms with Crippen LogP contribution in [0.15, 0.2) is 54.6 Å². The Balaban J connectivity index is 1.68. The lowest BCUT2D eigenvalue weighted by Crippen LogP contribution is -2.49. The van der Waals surface area contributed by atoms with Gasteiger partial charge in [0.15, 0.2) is 0 Å². The van der Waals surface area contributed by atoms with Crippen LogP contribution >= 0.6 is 0 Å². The molecule has 5 rings (SSSR count). The quantitative estimate of drug-likeness (QED) is 0.932. The average Bonchev–Trinajstić information content (AvgIpc) is 2.63. The summed E-state index contributed by atoms with van der Waals surface area (Å²) in [5, 5.41) is 11.1. The van der Waals surface area contributed by atoms with Gasteiger partial charge in [-0.3, -0.25) is 0 Å². The summed E-state index contributed by atoms with van der Waals surface area (Å²) < 4.78 is 0. The van der Waals surface area contributed by atoms with Crippen molar-refractivity contribution in [1.82, 2.24) is 4.90 Å². The monoisotopic (exact) mass is 293 g/mol. The number of aliphatic hydroxyl groups excluding tert-OH is 1. The van der Waals surface area contributed by atoms with Gasteiger partial charge in [0, 0.05) is 12.5 Å². The second-order valence-corrected chi connectivity index (χ2v) is 6.70. The summed E-state index contributed by atoms with van der Waals surface area (Å²) in [5.74, 6) is 1.07. The van der Waals surface area contributed by atoms with Crippen molar-refractivity contribution in [2.45, 2.75) is 18.9 Å². The molecule has 0 aromatic heterocycles. The van der Waals surface area contributed by atoms with Crippen LogP contribution in [0.5, 0.6) is 0 Å². The lowest BCUT2D eigenvalue weighted by atomic mass is 9.74. The number of nitrogens with zero attached hydrogens (tertiary/aromatic N) is 1. The standard InChI is InChI=1S/C20H23NO/c22-20(19-14-21-12-10-16(19)11-13-21)18-9-5-4-8-17(18)15-6-2-1-3-7-15/h1-9,16,19-20,22H,10-14H2/t19-,20+/m0/s1. The number of aliphatic hydroxyl groups is 1. The Labute approximate surface area is 132 Å². The van der Waals surface area contributed by atoms with E-state index in [-0.39, 0.29) is 6.10 Å². The maximum absolute atomic E-state index is 11.1. The van der Waals surface area contributed by atoms with E-state index in [4.69, 9.17) is 0 Å². The minimum Gasteiger partial charge on any atom is -0.388 e. The predicted octanol–water partition coefficient (Wildman–Crippen LogP) is 3.73. The highest BCUT2D eigenvalue weighted by Gasteiger charge is 2.38. The van der Waals surface area contributed by atoms with Crippen molar-refractivity contribution in [3.8, 4) is 11.1 Å². The first-order chi connectivity index (χ1) is 10.8. The Morgan fingerprint density at radius 1 is 0.909 bits per heavy atom. The molecule has 1 N–H and O–H groups in total. The summed E-state index contributed by atoms with van der Waals surface area (Å²) in [7, 11) is 0. The largest absolute Gasteiger partial charge is 0.388 e. The second-order valence-electron chi connectivity index (χ2n) is 6.70. The fourth-order valence-electron chi connectivity index (χ4n) is 4.23. The smallest absolute Gasteiger partial charge is 0.0839 e.